The van der Waals surface area contributed by atoms with Gasteiger partial charge in [0.25, 0.3) is 5.69 Å². The second-order valence-corrected chi connectivity index (χ2v) is 7.45. The molecule has 0 saturated heterocycles. The van der Waals surface area contributed by atoms with Crippen molar-refractivity contribution in [1.82, 2.24) is 4.98 Å². The maximum absolute atomic E-state index is 12.1. The number of aromatic nitrogens is 1. The molecule has 0 saturated carbocycles. The van der Waals surface area contributed by atoms with Crippen LogP contribution in [0.4, 0.5) is 10.8 Å². The molecule has 0 aliphatic heterocycles. The second kappa shape index (κ2) is 8.15. The number of ether oxygens (including phenoxy) is 1. The van der Waals surface area contributed by atoms with Crippen LogP contribution in [0.2, 0.25) is 0 Å². The van der Waals surface area contributed by atoms with Crippen molar-refractivity contribution in [1.29, 1.82) is 0 Å². The van der Waals surface area contributed by atoms with E-state index in [2.05, 4.69) is 10.3 Å². The van der Waals surface area contributed by atoms with Gasteiger partial charge in [-0.05, 0) is 30.3 Å². The number of rotatable bonds is 7. The fourth-order valence-corrected chi connectivity index (χ4v) is 3.96. The van der Waals surface area contributed by atoms with E-state index in [1.165, 1.54) is 23.5 Å². The van der Waals surface area contributed by atoms with Crippen LogP contribution in [-0.2, 0) is 4.79 Å². The molecule has 0 aliphatic rings. The first-order chi connectivity index (χ1) is 12.5. The maximum Gasteiger partial charge on any atom is 0.270 e. The molecule has 1 amide bonds. The first kappa shape index (κ1) is 18.2. The molecule has 0 aliphatic carbocycles. The molecule has 0 fully saturated rings. The summed E-state index contributed by atoms with van der Waals surface area (Å²) in [5.74, 6) is 1.29. The molecule has 9 heteroatoms. The predicted molar refractivity (Wildman–Crippen MR) is 103 cm³/mol. The van der Waals surface area contributed by atoms with Gasteiger partial charge in [-0.3, -0.25) is 14.9 Å². The highest BCUT2D eigenvalue weighted by Gasteiger charge is 2.12. The number of methoxy groups -OCH3 is 1. The number of nitrogens with zero attached hydrogens (tertiary/aromatic N) is 2. The zero-order valence-corrected chi connectivity index (χ0v) is 15.4. The summed E-state index contributed by atoms with van der Waals surface area (Å²) in [7, 11) is 1.62. The van der Waals surface area contributed by atoms with Gasteiger partial charge in [-0.1, -0.05) is 11.3 Å². The van der Waals surface area contributed by atoms with Crippen molar-refractivity contribution in [2.24, 2.45) is 0 Å². The second-order valence-electron chi connectivity index (χ2n) is 5.25. The van der Waals surface area contributed by atoms with Crippen LogP contribution >= 0.6 is 23.1 Å². The molecule has 1 aromatic heterocycles. The Kier molecular flexibility index (Phi) is 5.69. The number of nitrogens with one attached hydrogen (secondary N) is 1. The van der Waals surface area contributed by atoms with Gasteiger partial charge in [0.2, 0.25) is 5.91 Å². The lowest BCUT2D eigenvalue weighted by molar-refractivity contribution is -0.384. The van der Waals surface area contributed by atoms with E-state index in [0.29, 0.717) is 27.5 Å². The molecule has 7 nitrogen and oxygen atoms in total. The van der Waals surface area contributed by atoms with Crippen molar-refractivity contribution in [3.63, 3.8) is 0 Å². The summed E-state index contributed by atoms with van der Waals surface area (Å²) in [6.07, 6.45) is 0.340. The lowest BCUT2D eigenvalue weighted by Crippen LogP contribution is -2.11. The number of nitro benzene ring substituents is 1. The highest BCUT2D eigenvalue weighted by molar-refractivity contribution is 7.99. The van der Waals surface area contributed by atoms with Gasteiger partial charge in [0.1, 0.15) is 5.75 Å². The molecule has 1 N–H and O–H groups in total. The first-order valence-corrected chi connectivity index (χ1v) is 9.47. The largest absolute Gasteiger partial charge is 0.497 e. The Morgan fingerprint density at radius 3 is 2.77 bits per heavy atom. The molecule has 0 unspecified atom stereocenters. The number of hydrogen-bond donors (Lipinski definition) is 1. The molecule has 0 atom stereocenters. The summed E-state index contributed by atoms with van der Waals surface area (Å²) in [5.41, 5.74) is 0.637. The SMILES string of the molecule is COc1ccc(SCCC(=O)Nc2nc3ccc([N+](=O)[O-])cc3s2)cc1. The van der Waals surface area contributed by atoms with Crippen LogP contribution in [0.5, 0.6) is 5.75 Å². The van der Waals surface area contributed by atoms with E-state index in [4.69, 9.17) is 4.74 Å². The number of anilines is 1. The minimum absolute atomic E-state index is 0.00918. The number of non-ortho nitro benzene ring substituents is 1. The Bertz CT molecular complexity index is 941. The van der Waals surface area contributed by atoms with Gasteiger partial charge in [-0.15, -0.1) is 11.8 Å². The third-order valence-electron chi connectivity index (χ3n) is 3.49. The Hall–Kier alpha value is -2.65. The lowest BCUT2D eigenvalue weighted by Gasteiger charge is -2.03. The Morgan fingerprint density at radius 1 is 1.31 bits per heavy atom. The molecule has 0 bridgehead atoms. The monoisotopic (exact) mass is 389 g/mol. The topological polar surface area (TPSA) is 94.4 Å². The number of carbonyl (C=O) groups excluding carboxylic acids is 1. The van der Waals surface area contributed by atoms with Crippen molar-refractivity contribution in [3.05, 3.63) is 52.6 Å². The lowest BCUT2D eigenvalue weighted by atomic mass is 10.3. The third-order valence-corrected chi connectivity index (χ3v) is 5.43. The standard InChI is InChI=1S/C17H15N3O4S2/c1-24-12-3-5-13(6-4-12)25-9-8-16(21)19-17-18-14-7-2-11(20(22)23)10-15(14)26-17/h2-7,10H,8-9H2,1H3,(H,18,19,21). The maximum atomic E-state index is 12.1. The zero-order valence-electron chi connectivity index (χ0n) is 13.8. The van der Waals surface area contributed by atoms with Crippen molar-refractivity contribution in [2.45, 2.75) is 11.3 Å². The highest BCUT2D eigenvalue weighted by atomic mass is 32.2. The summed E-state index contributed by atoms with van der Waals surface area (Å²) < 4.78 is 5.78. The quantitative estimate of drug-likeness (QED) is 0.367. The van der Waals surface area contributed by atoms with E-state index in [1.807, 2.05) is 24.3 Å². The number of amides is 1. The van der Waals surface area contributed by atoms with Crippen LogP contribution in [0.3, 0.4) is 0 Å². The van der Waals surface area contributed by atoms with Crippen LogP contribution in [-0.4, -0.2) is 28.7 Å². The minimum atomic E-state index is -0.451. The van der Waals surface area contributed by atoms with Crippen molar-refractivity contribution in [3.8, 4) is 5.75 Å². The Balaban J connectivity index is 1.54. The van der Waals surface area contributed by atoms with Crippen molar-refractivity contribution >= 4 is 50.0 Å². The fourth-order valence-electron chi connectivity index (χ4n) is 2.20. The summed E-state index contributed by atoms with van der Waals surface area (Å²) in [5, 5.41) is 14.0. The molecule has 3 rings (SSSR count). The van der Waals surface area contributed by atoms with E-state index >= 15 is 0 Å². The van der Waals surface area contributed by atoms with Gasteiger partial charge < -0.3 is 10.1 Å². The average molecular weight is 389 g/mol. The molecule has 134 valence electrons. The summed E-state index contributed by atoms with van der Waals surface area (Å²) in [6.45, 7) is 0. The van der Waals surface area contributed by atoms with Crippen molar-refractivity contribution < 1.29 is 14.5 Å². The number of fused-ring (bicyclic) bond motifs is 1. The van der Waals surface area contributed by atoms with Gasteiger partial charge in [0.15, 0.2) is 5.13 Å². The number of thiazole rings is 1. The van der Waals surface area contributed by atoms with E-state index in [0.717, 1.165) is 10.6 Å². The van der Waals surface area contributed by atoms with E-state index in [9.17, 15) is 14.9 Å². The number of hydrogen-bond acceptors (Lipinski definition) is 7. The van der Waals surface area contributed by atoms with Crippen LogP contribution in [0.15, 0.2) is 47.4 Å². The van der Waals surface area contributed by atoms with Gasteiger partial charge in [-0.2, -0.15) is 0 Å². The van der Waals surface area contributed by atoms with E-state index in [1.54, 1.807) is 24.9 Å². The average Bonchev–Trinajstić information content (AvgIpc) is 3.03. The number of carbonyl (C=O) groups is 1. The van der Waals surface area contributed by atoms with E-state index < -0.39 is 4.92 Å². The van der Waals surface area contributed by atoms with Gasteiger partial charge in [0.05, 0.1) is 22.2 Å². The minimum Gasteiger partial charge on any atom is -0.497 e. The van der Waals surface area contributed by atoms with Gasteiger partial charge in [0, 0.05) is 29.2 Å². The summed E-state index contributed by atoms with van der Waals surface area (Å²) in [4.78, 5) is 27.8. The Labute approximate surface area is 157 Å². The van der Waals surface area contributed by atoms with Gasteiger partial charge in [-0.25, -0.2) is 4.98 Å². The third kappa shape index (κ3) is 4.50. The molecule has 26 heavy (non-hydrogen) atoms. The van der Waals surface area contributed by atoms with Crippen LogP contribution in [0.25, 0.3) is 10.2 Å². The molecule has 0 radical (unpaired) electrons. The predicted octanol–water partition coefficient (Wildman–Crippen LogP) is 4.33. The van der Waals surface area contributed by atoms with Crippen LogP contribution in [0, 0.1) is 10.1 Å². The number of benzene rings is 2. The fraction of sp³-hybridized carbons (Fsp3) is 0.176. The van der Waals surface area contributed by atoms with Crippen LogP contribution < -0.4 is 10.1 Å². The molecular weight excluding hydrogens is 374 g/mol. The summed E-state index contributed by atoms with van der Waals surface area (Å²) in [6, 6.07) is 12.1. The Morgan fingerprint density at radius 2 is 2.08 bits per heavy atom. The highest BCUT2D eigenvalue weighted by Crippen LogP contribution is 2.29. The smallest absolute Gasteiger partial charge is 0.270 e. The molecular formula is C17H15N3O4S2. The number of nitro groups is 1. The van der Waals surface area contributed by atoms with Crippen LogP contribution in [0.1, 0.15) is 6.42 Å². The molecule has 3 aromatic rings. The molecule has 2 aromatic carbocycles. The number of thioether (sulfide) groups is 1. The summed E-state index contributed by atoms with van der Waals surface area (Å²) >= 11 is 2.80. The molecule has 0 spiro atoms. The van der Waals surface area contributed by atoms with E-state index in [-0.39, 0.29) is 11.6 Å². The molecule has 1 heterocycles. The normalized spacial score (nSPS) is 10.7. The first-order valence-electron chi connectivity index (χ1n) is 7.67. The van der Waals surface area contributed by atoms with Gasteiger partial charge >= 0.3 is 0 Å². The zero-order chi connectivity index (χ0) is 18.5. The van der Waals surface area contributed by atoms with Crippen molar-refractivity contribution in [2.75, 3.05) is 18.2 Å².